The maximum atomic E-state index is 11.9. The minimum absolute atomic E-state index is 0.0550. The summed E-state index contributed by atoms with van der Waals surface area (Å²) in [4.78, 5) is 46.9. The van der Waals surface area contributed by atoms with Crippen LogP contribution in [0.25, 0.3) is 0 Å². The van der Waals surface area contributed by atoms with E-state index >= 15 is 0 Å². The van der Waals surface area contributed by atoms with Crippen LogP contribution in [-0.2, 0) is 72.3 Å². The number of ether oxygens (including phenoxy) is 6. The van der Waals surface area contributed by atoms with Crippen LogP contribution in [0, 0.1) is 0 Å². The molecule has 2 atom stereocenters. The van der Waals surface area contributed by atoms with E-state index in [2.05, 4.69) is 131 Å². The molecule has 0 rings (SSSR count). The summed E-state index contributed by atoms with van der Waals surface area (Å²) in [5.41, 5.74) is 0.563. The zero-order valence-electron chi connectivity index (χ0n) is 46.6. The third kappa shape index (κ3) is 38.5. The molecule has 0 saturated heterocycles. The quantitative estimate of drug-likeness (QED) is 0.0195. The minimum atomic E-state index is -2.92. The smallest absolute Gasteiger partial charge is 0.462 e. The molecule has 0 saturated carbocycles. The predicted molar refractivity (Wildman–Crippen MR) is 290 cm³/mol. The van der Waals surface area contributed by atoms with Crippen LogP contribution in [0.2, 0.25) is 130 Å². The third-order valence-electron chi connectivity index (χ3n) is 7.60. The summed E-state index contributed by atoms with van der Waals surface area (Å²) in [5.74, 6) is -1.79. The van der Waals surface area contributed by atoms with Crippen LogP contribution in [0.3, 0.4) is 0 Å². The molecular weight excluding hydrogens is 1010 g/mol. The molecular formula is C44H96O16Si8. The van der Waals surface area contributed by atoms with Gasteiger partial charge in [-0.15, -0.1) is 0 Å². The standard InChI is InChI=1S/2C22H48O8Si4/c1-13-21(23)27-20(18-26-22(24)19(2)3)17-25-15-14-16-34(28-31(4,5)6,29-32(7,8)9)30-33(10,11)12;1-13-21(23)26-18-20(27-22(24)19(2)3)17-25-15-14-16-34(28-31(4,5)6,29-32(7,8)9)30-33(10,11)12/h2*20H,2,13-18H2,1,3-12H3. The van der Waals surface area contributed by atoms with E-state index in [4.69, 9.17) is 53.1 Å². The number of esters is 4. The third-order valence-corrected chi connectivity index (χ3v) is 31.7. The van der Waals surface area contributed by atoms with Crippen LogP contribution < -0.4 is 0 Å². The Bertz CT molecular complexity index is 1480. The van der Waals surface area contributed by atoms with Crippen LogP contribution in [0.5, 0.6) is 0 Å². The molecule has 0 heterocycles. The highest BCUT2D eigenvalue weighted by molar-refractivity contribution is 6.91. The van der Waals surface area contributed by atoms with Crippen molar-refractivity contribution in [3.63, 3.8) is 0 Å². The Hall–Kier alpha value is -1.22. The lowest BCUT2D eigenvalue weighted by Gasteiger charge is -2.43. The van der Waals surface area contributed by atoms with Gasteiger partial charge in [0.05, 0.1) is 13.2 Å². The summed E-state index contributed by atoms with van der Waals surface area (Å²) in [7, 11) is -17.4. The molecule has 0 aromatic rings. The van der Waals surface area contributed by atoms with Gasteiger partial charge in [-0.25, -0.2) is 9.59 Å². The maximum absolute atomic E-state index is 11.9. The van der Waals surface area contributed by atoms with Crippen LogP contribution in [0.15, 0.2) is 24.3 Å². The fraction of sp³-hybridized carbons (Fsp3) is 0.818. The Morgan fingerprint density at radius 2 is 0.706 bits per heavy atom. The molecule has 0 spiro atoms. The van der Waals surface area contributed by atoms with Gasteiger partial charge in [0.25, 0.3) is 0 Å². The highest BCUT2D eigenvalue weighted by atomic mass is 28.5. The molecule has 2 unspecified atom stereocenters. The van der Waals surface area contributed by atoms with Gasteiger partial charge < -0.3 is 53.1 Å². The molecule has 0 bridgehead atoms. The first-order valence-electron chi connectivity index (χ1n) is 24.0. The number of rotatable bonds is 34. The van der Waals surface area contributed by atoms with E-state index in [0.29, 0.717) is 38.1 Å². The van der Waals surface area contributed by atoms with Crippen molar-refractivity contribution in [2.75, 3.05) is 39.6 Å². The van der Waals surface area contributed by atoms with Crippen molar-refractivity contribution >= 4 is 91.4 Å². The summed E-state index contributed by atoms with van der Waals surface area (Å²) in [6.45, 7) is 53.5. The fourth-order valence-corrected chi connectivity index (χ4v) is 35.0. The molecule has 16 nitrogen and oxygen atoms in total. The summed E-state index contributed by atoms with van der Waals surface area (Å²) in [6.07, 6.45) is 0.478. The van der Waals surface area contributed by atoms with Gasteiger partial charge in [0.15, 0.2) is 62.1 Å². The van der Waals surface area contributed by atoms with E-state index in [1.807, 2.05) is 0 Å². The first-order chi connectivity index (χ1) is 30.5. The van der Waals surface area contributed by atoms with E-state index in [1.165, 1.54) is 0 Å². The van der Waals surface area contributed by atoms with E-state index in [1.54, 1.807) is 27.7 Å². The summed E-state index contributed by atoms with van der Waals surface area (Å²) >= 11 is 0. The lowest BCUT2D eigenvalue weighted by atomic mass is 10.3. The van der Waals surface area contributed by atoms with Crippen molar-refractivity contribution in [1.82, 2.24) is 0 Å². The van der Waals surface area contributed by atoms with E-state index < -0.39 is 91.7 Å². The van der Waals surface area contributed by atoms with Gasteiger partial charge in [-0.05, 0) is 145 Å². The topological polar surface area (TPSA) is 179 Å². The molecule has 0 amide bonds. The molecule has 24 heteroatoms. The Balaban J connectivity index is 0. The van der Waals surface area contributed by atoms with Gasteiger partial charge in [-0.3, -0.25) is 9.59 Å². The van der Waals surface area contributed by atoms with Crippen LogP contribution in [0.1, 0.15) is 53.4 Å². The van der Waals surface area contributed by atoms with Crippen molar-refractivity contribution in [3.05, 3.63) is 24.3 Å². The fourth-order valence-electron chi connectivity index (χ4n) is 5.77. The molecule has 0 aliphatic heterocycles. The van der Waals surface area contributed by atoms with Gasteiger partial charge >= 0.3 is 41.5 Å². The highest BCUT2D eigenvalue weighted by Crippen LogP contribution is 2.31. The molecule has 0 radical (unpaired) electrons. The number of carbonyl (C=O) groups is 4. The molecule has 0 aromatic carbocycles. The normalized spacial score (nSPS) is 14.0. The van der Waals surface area contributed by atoms with E-state index in [9.17, 15) is 19.2 Å². The van der Waals surface area contributed by atoms with Gasteiger partial charge in [0, 0.05) is 49.3 Å². The van der Waals surface area contributed by atoms with Crippen LogP contribution >= 0.6 is 0 Å². The maximum Gasteiger partial charge on any atom is 0.469 e. The zero-order chi connectivity index (χ0) is 53.6. The van der Waals surface area contributed by atoms with E-state index in [0.717, 1.165) is 0 Å². The highest BCUT2D eigenvalue weighted by Gasteiger charge is 2.51. The number of hydrogen-bond donors (Lipinski definition) is 0. The van der Waals surface area contributed by atoms with Crippen LogP contribution in [-0.4, -0.2) is 143 Å². The summed E-state index contributed by atoms with van der Waals surface area (Å²) < 4.78 is 72.7. The van der Waals surface area contributed by atoms with Gasteiger partial charge in [-0.1, -0.05) is 27.0 Å². The van der Waals surface area contributed by atoms with Crippen molar-refractivity contribution in [2.24, 2.45) is 0 Å². The largest absolute Gasteiger partial charge is 0.469 e. The number of hydrogen-bond acceptors (Lipinski definition) is 16. The predicted octanol–water partition coefficient (Wildman–Crippen LogP) is 10.7. The first-order valence-corrected chi connectivity index (χ1v) is 48.3. The van der Waals surface area contributed by atoms with Crippen molar-refractivity contribution in [2.45, 2.75) is 196 Å². The van der Waals surface area contributed by atoms with Crippen molar-refractivity contribution in [1.29, 1.82) is 0 Å². The Morgan fingerprint density at radius 3 is 0.985 bits per heavy atom. The molecule has 400 valence electrons. The van der Waals surface area contributed by atoms with Gasteiger partial charge in [-0.2, -0.15) is 0 Å². The molecule has 0 aliphatic rings. The number of carbonyl (C=O) groups excluding carboxylic acids is 4. The summed E-state index contributed by atoms with van der Waals surface area (Å²) in [6, 6.07) is 1.32. The van der Waals surface area contributed by atoms with Gasteiger partial charge in [0.1, 0.15) is 13.2 Å². The monoisotopic (exact) mass is 1100 g/mol. The summed E-state index contributed by atoms with van der Waals surface area (Å²) in [5, 5.41) is 0. The Morgan fingerprint density at radius 1 is 0.412 bits per heavy atom. The second-order valence-electron chi connectivity index (χ2n) is 22.7. The molecule has 0 aromatic heterocycles. The lowest BCUT2D eigenvalue weighted by Crippen LogP contribution is -2.60. The first kappa shape index (κ1) is 68.9. The van der Waals surface area contributed by atoms with Gasteiger partial charge in [0.2, 0.25) is 0 Å². The molecule has 0 fully saturated rings. The molecule has 68 heavy (non-hydrogen) atoms. The average molecular weight is 1110 g/mol. The second-order valence-corrected chi connectivity index (χ2v) is 56.7. The lowest BCUT2D eigenvalue weighted by molar-refractivity contribution is -0.160. The van der Waals surface area contributed by atoms with Crippen molar-refractivity contribution < 1.29 is 72.3 Å². The minimum Gasteiger partial charge on any atom is -0.462 e. The molecule has 0 aliphatic carbocycles. The average Bonchev–Trinajstić information content (AvgIpc) is 3.10. The molecule has 0 N–H and O–H groups in total. The Labute approximate surface area is 421 Å². The van der Waals surface area contributed by atoms with Crippen molar-refractivity contribution in [3.8, 4) is 0 Å². The second kappa shape index (κ2) is 30.7. The Kier molecular flexibility index (Phi) is 31.1. The van der Waals surface area contributed by atoms with Crippen LogP contribution in [0.4, 0.5) is 0 Å². The SMILES string of the molecule is C=C(C)C(=O)OC(COCCC[Si](O[Si](C)(C)C)(O[Si](C)(C)C)O[Si](C)(C)C)COC(=O)CC.C=C(C)C(=O)OCC(COCCC[Si](O[Si](C)(C)C)(O[Si](C)(C)C)O[Si](C)(C)C)OC(=O)CC. The zero-order valence-corrected chi connectivity index (χ0v) is 54.6. The van der Waals surface area contributed by atoms with E-state index in [-0.39, 0.29) is 62.4 Å².